The van der Waals surface area contributed by atoms with Gasteiger partial charge in [0, 0.05) is 11.9 Å². The monoisotopic (exact) mass is 263 g/mol. The molecule has 1 amide bonds. The number of aromatic hydroxyl groups is 1. The Bertz CT molecular complexity index is 580. The molecule has 5 nitrogen and oxygen atoms in total. The first-order chi connectivity index (χ1) is 8.60. The van der Waals surface area contributed by atoms with Crippen LogP contribution in [0.15, 0.2) is 23.6 Å². The molecule has 1 aromatic carbocycles. The predicted molar refractivity (Wildman–Crippen MR) is 70.8 cm³/mol. The van der Waals surface area contributed by atoms with Crippen LogP contribution in [0.2, 0.25) is 0 Å². The van der Waals surface area contributed by atoms with Crippen molar-refractivity contribution < 1.29 is 9.90 Å². The van der Waals surface area contributed by atoms with E-state index in [1.54, 1.807) is 17.5 Å². The average molecular weight is 263 g/mol. The van der Waals surface area contributed by atoms with Gasteiger partial charge < -0.3 is 16.2 Å². The second-order valence-electron chi connectivity index (χ2n) is 3.81. The minimum Gasteiger partial charge on any atom is -0.506 e. The van der Waals surface area contributed by atoms with E-state index < -0.39 is 0 Å². The Hall–Kier alpha value is -1.92. The van der Waals surface area contributed by atoms with Crippen LogP contribution in [0.5, 0.6) is 5.75 Å². The van der Waals surface area contributed by atoms with E-state index in [0.717, 1.165) is 5.56 Å². The number of nitrogens with zero attached hydrogens (tertiary/aromatic N) is 1. The molecular weight excluding hydrogens is 250 g/mol. The third kappa shape index (κ3) is 2.66. The first kappa shape index (κ1) is 12.5. The molecule has 4 N–H and O–H groups in total. The summed E-state index contributed by atoms with van der Waals surface area (Å²) in [5.74, 6) is -0.324. The maximum absolute atomic E-state index is 11.9. The fourth-order valence-electron chi connectivity index (χ4n) is 1.45. The minimum absolute atomic E-state index is 0.0308. The van der Waals surface area contributed by atoms with Gasteiger partial charge in [-0.3, -0.25) is 4.79 Å². The van der Waals surface area contributed by atoms with Crippen molar-refractivity contribution in [2.45, 2.75) is 13.5 Å². The maximum Gasteiger partial charge on any atom is 0.275 e. The lowest BCUT2D eigenvalue weighted by Gasteiger charge is -2.06. The van der Waals surface area contributed by atoms with Crippen molar-refractivity contribution in [2.75, 3.05) is 5.32 Å². The van der Waals surface area contributed by atoms with Crippen molar-refractivity contribution in [3.8, 4) is 5.75 Å². The first-order valence-electron chi connectivity index (χ1n) is 5.35. The number of phenolic OH excluding ortho intramolecular Hbond substituents is 1. The number of anilines is 1. The standard InChI is InChI=1S/C12H13N3O2S/c1-7-2-3-10(16)8(4-7)15-12(17)9-6-18-11(5-13)14-9/h2-4,6,16H,5,13H2,1H3,(H,15,17). The lowest BCUT2D eigenvalue weighted by molar-refractivity contribution is 0.102. The molecule has 0 atom stereocenters. The highest BCUT2D eigenvalue weighted by Crippen LogP contribution is 2.24. The smallest absolute Gasteiger partial charge is 0.275 e. The van der Waals surface area contributed by atoms with Crippen LogP contribution in [0.3, 0.4) is 0 Å². The van der Waals surface area contributed by atoms with Crippen molar-refractivity contribution in [1.29, 1.82) is 0 Å². The number of hydrogen-bond acceptors (Lipinski definition) is 5. The van der Waals surface area contributed by atoms with Crippen LogP contribution in [-0.4, -0.2) is 16.0 Å². The number of hydrogen-bond donors (Lipinski definition) is 3. The largest absolute Gasteiger partial charge is 0.506 e. The Labute approximate surface area is 108 Å². The second-order valence-corrected chi connectivity index (χ2v) is 4.75. The number of nitrogens with two attached hydrogens (primary N) is 1. The van der Waals surface area contributed by atoms with Gasteiger partial charge in [-0.1, -0.05) is 6.07 Å². The molecular formula is C12H13N3O2S. The van der Waals surface area contributed by atoms with Crippen LogP contribution in [0.4, 0.5) is 5.69 Å². The molecule has 0 unspecified atom stereocenters. The Morgan fingerprint density at radius 3 is 3.00 bits per heavy atom. The molecule has 1 heterocycles. The van der Waals surface area contributed by atoms with Crippen LogP contribution >= 0.6 is 11.3 Å². The summed E-state index contributed by atoms with van der Waals surface area (Å²) in [5, 5.41) is 14.6. The van der Waals surface area contributed by atoms with E-state index in [9.17, 15) is 9.90 Å². The van der Waals surface area contributed by atoms with E-state index in [1.807, 2.05) is 6.92 Å². The molecule has 0 saturated heterocycles. The van der Waals surface area contributed by atoms with Gasteiger partial charge in [-0.2, -0.15) is 0 Å². The van der Waals surface area contributed by atoms with Crippen LogP contribution in [0.1, 0.15) is 21.1 Å². The molecule has 94 valence electrons. The summed E-state index contributed by atoms with van der Waals surface area (Å²) in [6.07, 6.45) is 0. The highest BCUT2D eigenvalue weighted by Gasteiger charge is 2.12. The van der Waals surface area contributed by atoms with E-state index in [1.165, 1.54) is 17.4 Å². The Morgan fingerprint density at radius 1 is 1.56 bits per heavy atom. The summed E-state index contributed by atoms with van der Waals surface area (Å²) in [4.78, 5) is 16.0. The summed E-state index contributed by atoms with van der Waals surface area (Å²) in [6.45, 7) is 2.19. The quantitative estimate of drug-likeness (QED) is 0.738. The third-order valence-electron chi connectivity index (χ3n) is 2.36. The van der Waals surface area contributed by atoms with E-state index in [2.05, 4.69) is 10.3 Å². The zero-order valence-corrected chi connectivity index (χ0v) is 10.6. The number of aromatic nitrogens is 1. The topological polar surface area (TPSA) is 88.2 Å². The van der Waals surface area contributed by atoms with Crippen LogP contribution < -0.4 is 11.1 Å². The molecule has 0 aliphatic carbocycles. The van der Waals surface area contributed by atoms with Crippen LogP contribution in [0, 0.1) is 6.92 Å². The van der Waals surface area contributed by atoms with Gasteiger partial charge in [0.15, 0.2) is 0 Å². The molecule has 6 heteroatoms. The fraction of sp³-hybridized carbons (Fsp3) is 0.167. The van der Waals surface area contributed by atoms with E-state index in [-0.39, 0.29) is 11.7 Å². The molecule has 0 aliphatic rings. The minimum atomic E-state index is -0.355. The molecule has 0 radical (unpaired) electrons. The number of aryl methyl sites for hydroxylation is 1. The number of phenols is 1. The number of carbonyl (C=O) groups excluding carboxylic acids is 1. The second kappa shape index (κ2) is 5.16. The number of thiazole rings is 1. The lowest BCUT2D eigenvalue weighted by Crippen LogP contribution is -2.13. The SMILES string of the molecule is Cc1ccc(O)c(NC(=O)c2csc(CN)n2)c1. The van der Waals surface area contributed by atoms with Crippen LogP contribution in [-0.2, 0) is 6.54 Å². The molecule has 0 fully saturated rings. The summed E-state index contributed by atoms with van der Waals surface area (Å²) in [7, 11) is 0. The van der Waals surface area contributed by atoms with Gasteiger partial charge in [-0.05, 0) is 24.6 Å². The molecule has 0 saturated carbocycles. The Balaban J connectivity index is 2.18. The first-order valence-corrected chi connectivity index (χ1v) is 6.23. The van der Waals surface area contributed by atoms with Gasteiger partial charge >= 0.3 is 0 Å². The number of benzene rings is 1. The molecule has 0 aliphatic heterocycles. The van der Waals surface area contributed by atoms with Crippen molar-refractivity contribution in [1.82, 2.24) is 4.98 Å². The number of amides is 1. The van der Waals surface area contributed by atoms with Crippen molar-refractivity contribution >= 4 is 22.9 Å². The van der Waals surface area contributed by atoms with Crippen molar-refractivity contribution in [2.24, 2.45) is 5.73 Å². The van der Waals surface area contributed by atoms with Gasteiger partial charge in [0.05, 0.1) is 5.69 Å². The molecule has 18 heavy (non-hydrogen) atoms. The molecule has 1 aromatic heterocycles. The molecule has 2 rings (SSSR count). The van der Waals surface area contributed by atoms with Gasteiger partial charge in [0.25, 0.3) is 5.91 Å². The fourth-order valence-corrected chi connectivity index (χ4v) is 2.10. The summed E-state index contributed by atoms with van der Waals surface area (Å²) >= 11 is 1.34. The van der Waals surface area contributed by atoms with Crippen molar-refractivity contribution in [3.05, 3.63) is 39.8 Å². The number of rotatable bonds is 3. The van der Waals surface area contributed by atoms with Gasteiger partial charge in [0.1, 0.15) is 16.5 Å². The van der Waals surface area contributed by atoms with Gasteiger partial charge in [0.2, 0.25) is 0 Å². The summed E-state index contributed by atoms with van der Waals surface area (Å²) in [5.41, 5.74) is 7.07. The van der Waals surface area contributed by atoms with E-state index >= 15 is 0 Å². The van der Waals surface area contributed by atoms with E-state index in [4.69, 9.17) is 5.73 Å². The summed E-state index contributed by atoms with van der Waals surface area (Å²) in [6, 6.07) is 5.00. The summed E-state index contributed by atoms with van der Waals surface area (Å²) < 4.78 is 0. The predicted octanol–water partition coefficient (Wildman–Crippen LogP) is 1.87. The highest BCUT2D eigenvalue weighted by atomic mass is 32.1. The third-order valence-corrected chi connectivity index (χ3v) is 3.23. The lowest BCUT2D eigenvalue weighted by atomic mass is 10.2. The Kier molecular flexibility index (Phi) is 3.59. The van der Waals surface area contributed by atoms with Crippen molar-refractivity contribution in [3.63, 3.8) is 0 Å². The highest BCUT2D eigenvalue weighted by molar-refractivity contribution is 7.09. The van der Waals surface area contributed by atoms with Crippen LogP contribution in [0.25, 0.3) is 0 Å². The zero-order chi connectivity index (χ0) is 13.1. The average Bonchev–Trinajstić information content (AvgIpc) is 2.82. The van der Waals surface area contributed by atoms with Gasteiger partial charge in [-0.15, -0.1) is 11.3 Å². The van der Waals surface area contributed by atoms with Gasteiger partial charge in [-0.25, -0.2) is 4.98 Å². The molecule has 0 spiro atoms. The maximum atomic E-state index is 11.9. The number of carbonyl (C=O) groups is 1. The normalized spacial score (nSPS) is 10.3. The molecule has 2 aromatic rings. The zero-order valence-electron chi connectivity index (χ0n) is 9.80. The Morgan fingerprint density at radius 2 is 2.33 bits per heavy atom. The van der Waals surface area contributed by atoms with E-state index in [0.29, 0.717) is 22.9 Å². The number of nitrogens with one attached hydrogen (secondary N) is 1. The molecule has 0 bridgehead atoms.